The Balaban J connectivity index is 0.000000176. The maximum atomic E-state index is 4.93. The minimum absolute atomic E-state index is 0.448. The van der Waals surface area contributed by atoms with Crippen LogP contribution in [-0.4, -0.2) is 9.52 Å². The fraction of sp³-hybridized carbons (Fsp3) is 0.129. The number of benzene rings is 8. The van der Waals surface area contributed by atoms with Gasteiger partial charge in [0, 0.05) is 9.52 Å². The van der Waals surface area contributed by atoms with Gasteiger partial charge in [-0.3, -0.25) is 0 Å². The second-order valence-corrected chi connectivity index (χ2v) is 21.7. The van der Waals surface area contributed by atoms with Crippen LogP contribution < -0.4 is 0 Å². The second-order valence-electron chi connectivity index (χ2n) is 17.0. The first kappa shape index (κ1) is 48.6. The zero-order valence-electron chi connectivity index (χ0n) is 38.7. The summed E-state index contributed by atoms with van der Waals surface area (Å²) in [5.74, 6) is 0.895. The fourth-order valence-electron chi connectivity index (χ4n) is 8.90. The molecule has 0 atom stereocenters. The van der Waals surface area contributed by atoms with Gasteiger partial charge in [-0.2, -0.15) is 0 Å². The first-order chi connectivity index (χ1) is 32.3. The third-order valence-electron chi connectivity index (χ3n) is 11.9. The van der Waals surface area contributed by atoms with Crippen molar-refractivity contribution in [3.63, 3.8) is 0 Å². The molecular formula is C62H56Cl2SiZr. The topological polar surface area (TPSA) is 0 Å². The van der Waals surface area contributed by atoms with E-state index in [2.05, 4.69) is 259 Å². The Morgan fingerprint density at radius 2 is 0.652 bits per heavy atom. The number of rotatable bonds is 8. The summed E-state index contributed by atoms with van der Waals surface area (Å²) in [7, 11) is 11.0. The van der Waals surface area contributed by atoms with Crippen molar-refractivity contribution >= 4 is 48.1 Å². The molecule has 10 aromatic carbocycles. The number of hydrogen-bond donors (Lipinski definition) is 0. The van der Waals surface area contributed by atoms with Crippen molar-refractivity contribution < 1.29 is 20.8 Å². The summed E-state index contributed by atoms with van der Waals surface area (Å²) in [6, 6.07) is 79.0. The van der Waals surface area contributed by atoms with Crippen molar-refractivity contribution in [3.8, 4) is 66.8 Å². The van der Waals surface area contributed by atoms with Crippen LogP contribution in [0.15, 0.2) is 218 Å². The third kappa shape index (κ3) is 11.4. The summed E-state index contributed by atoms with van der Waals surface area (Å²) in [6.45, 7) is 13.5. The standard InChI is InChI=1S/2C30H25.C2H6Si.2ClH.Zr/c2*1-21(2)26-18-17-24-19-25(22-11-5-3-6-12-22)20-29(24)30(26)28-16-10-9-15-27(28)23-13-7-4-8-14-23;1-3-2;;;/h2*3-21H,1-2H3;1-2H3;2*1H;/q2*-1;;;;+4/p-2. The van der Waals surface area contributed by atoms with Gasteiger partial charge in [0.1, 0.15) is 0 Å². The normalized spacial score (nSPS) is 10.7. The van der Waals surface area contributed by atoms with Gasteiger partial charge in [0.25, 0.3) is 0 Å². The van der Waals surface area contributed by atoms with E-state index in [1.54, 1.807) is 0 Å². The molecule has 0 heterocycles. The van der Waals surface area contributed by atoms with E-state index in [0.717, 1.165) is 9.52 Å². The van der Waals surface area contributed by atoms with Gasteiger partial charge in [-0.05, 0) is 56.3 Å². The van der Waals surface area contributed by atoms with Crippen LogP contribution in [0.2, 0.25) is 13.1 Å². The molecule has 0 nitrogen and oxygen atoms in total. The molecule has 0 saturated heterocycles. The first-order valence-corrected chi connectivity index (χ1v) is 31.0. The Kier molecular flexibility index (Phi) is 17.6. The molecule has 10 rings (SSSR count). The van der Waals surface area contributed by atoms with Gasteiger partial charge in [-0.25, -0.2) is 0 Å². The van der Waals surface area contributed by atoms with Crippen LogP contribution in [-0.2, 0) is 20.8 Å². The van der Waals surface area contributed by atoms with Gasteiger partial charge < -0.3 is 0 Å². The number of fused-ring (bicyclic) bond motifs is 2. The van der Waals surface area contributed by atoms with E-state index in [0.29, 0.717) is 11.8 Å². The van der Waals surface area contributed by atoms with Crippen LogP contribution in [0.1, 0.15) is 50.7 Å². The Morgan fingerprint density at radius 1 is 0.379 bits per heavy atom. The Hall–Kier alpha value is -5.34. The van der Waals surface area contributed by atoms with Crippen molar-refractivity contribution in [1.82, 2.24) is 0 Å². The van der Waals surface area contributed by atoms with E-state index < -0.39 is 20.8 Å². The Bertz CT molecular complexity index is 2850. The summed E-state index contributed by atoms with van der Waals surface area (Å²) >= 11 is -0.826. The molecule has 0 fully saturated rings. The maximum absolute atomic E-state index is 4.93. The molecule has 0 amide bonds. The average molecular weight is 991 g/mol. The molecule has 0 aliphatic carbocycles. The van der Waals surface area contributed by atoms with E-state index >= 15 is 0 Å². The molecule has 0 aliphatic rings. The van der Waals surface area contributed by atoms with Gasteiger partial charge in [-0.15, -0.1) is 69.1 Å². The molecule has 10 aromatic rings. The van der Waals surface area contributed by atoms with E-state index in [1.165, 1.54) is 99.4 Å². The predicted molar refractivity (Wildman–Crippen MR) is 289 cm³/mol. The SMILES string of the molecule is CC(C)c1ccc2[cH-]c(-c3ccccc3)cc2c1-c1ccccc1-c1ccccc1.CC(C)c1ccc2[cH-]c(-c3ccccc3)cc2c1-c1ccccc1-c1ccccc1.C[Si]C.[Cl][Zr+2][Cl]. The summed E-state index contributed by atoms with van der Waals surface area (Å²) in [5, 5.41) is 5.28. The number of hydrogen-bond acceptors (Lipinski definition) is 0. The van der Waals surface area contributed by atoms with E-state index in [-0.39, 0.29) is 0 Å². The van der Waals surface area contributed by atoms with Crippen LogP contribution >= 0.6 is 17.0 Å². The van der Waals surface area contributed by atoms with Gasteiger partial charge in [0.15, 0.2) is 0 Å². The van der Waals surface area contributed by atoms with Gasteiger partial charge in [0.05, 0.1) is 0 Å². The summed E-state index contributed by atoms with van der Waals surface area (Å²) in [6.07, 6.45) is 0. The predicted octanol–water partition coefficient (Wildman–Crippen LogP) is 19.5. The zero-order valence-corrected chi connectivity index (χ0v) is 43.7. The first-order valence-electron chi connectivity index (χ1n) is 22.7. The summed E-state index contributed by atoms with van der Waals surface area (Å²) in [5.41, 5.74) is 18.3. The molecule has 0 saturated carbocycles. The molecule has 2 radical (unpaired) electrons. The van der Waals surface area contributed by atoms with Gasteiger partial charge in [-0.1, -0.05) is 245 Å². The van der Waals surface area contributed by atoms with Gasteiger partial charge >= 0.3 is 37.9 Å². The van der Waals surface area contributed by atoms with Crippen LogP contribution in [0.5, 0.6) is 0 Å². The average Bonchev–Trinajstić information content (AvgIpc) is 4.01. The van der Waals surface area contributed by atoms with Crippen molar-refractivity contribution in [3.05, 3.63) is 230 Å². The molecular weight excluding hydrogens is 935 g/mol. The quantitative estimate of drug-likeness (QED) is 0.105. The molecule has 0 bridgehead atoms. The zero-order chi connectivity index (χ0) is 46.4. The van der Waals surface area contributed by atoms with Crippen LogP contribution in [0.25, 0.3) is 88.3 Å². The molecule has 66 heavy (non-hydrogen) atoms. The number of halogens is 2. The van der Waals surface area contributed by atoms with Crippen molar-refractivity contribution in [1.29, 1.82) is 0 Å². The molecule has 0 aliphatic heterocycles. The molecule has 326 valence electrons. The Labute approximate surface area is 414 Å². The summed E-state index contributed by atoms with van der Waals surface area (Å²) < 4.78 is 0. The summed E-state index contributed by atoms with van der Waals surface area (Å²) in [4.78, 5) is 0. The molecule has 0 N–H and O–H groups in total. The fourth-order valence-corrected chi connectivity index (χ4v) is 8.90. The van der Waals surface area contributed by atoms with Crippen LogP contribution in [0, 0.1) is 0 Å². The van der Waals surface area contributed by atoms with Gasteiger partial charge in [0.2, 0.25) is 0 Å². The van der Waals surface area contributed by atoms with Crippen molar-refractivity contribution in [2.75, 3.05) is 0 Å². The molecule has 0 unspecified atom stereocenters. The second kappa shape index (κ2) is 23.9. The van der Waals surface area contributed by atoms with Crippen molar-refractivity contribution in [2.24, 2.45) is 0 Å². The third-order valence-corrected chi connectivity index (χ3v) is 11.9. The molecule has 0 aromatic heterocycles. The van der Waals surface area contributed by atoms with E-state index in [9.17, 15) is 0 Å². The van der Waals surface area contributed by atoms with Crippen molar-refractivity contribution in [2.45, 2.75) is 52.6 Å². The van der Waals surface area contributed by atoms with Crippen LogP contribution in [0.3, 0.4) is 0 Å². The Morgan fingerprint density at radius 3 is 0.955 bits per heavy atom. The molecule has 0 spiro atoms. The van der Waals surface area contributed by atoms with Crippen LogP contribution in [0.4, 0.5) is 0 Å². The van der Waals surface area contributed by atoms with E-state index in [4.69, 9.17) is 17.0 Å². The molecule has 4 heteroatoms. The minimum atomic E-state index is -0.826. The van der Waals surface area contributed by atoms with E-state index in [1.807, 2.05) is 0 Å². The monoisotopic (exact) mass is 988 g/mol.